The molecule has 1 fully saturated rings. The predicted molar refractivity (Wildman–Crippen MR) is 113 cm³/mol. The normalized spacial score (nSPS) is 14.2. The molecule has 2 aromatic carbocycles. The van der Waals surface area contributed by atoms with Crippen LogP contribution in [0, 0.1) is 0 Å². The molecule has 138 valence electrons. The number of thiocarbonyl (C=S) groups is 1. The second-order valence-electron chi connectivity index (χ2n) is 6.36. The molecule has 0 spiro atoms. The lowest BCUT2D eigenvalue weighted by atomic mass is 10.1. The van der Waals surface area contributed by atoms with Crippen LogP contribution in [0.4, 0.5) is 11.4 Å². The molecule has 1 heterocycles. The number of nitrogens with one attached hydrogen (secondary N) is 1. The highest BCUT2D eigenvalue weighted by Gasteiger charge is 2.21. The zero-order valence-electron chi connectivity index (χ0n) is 15.6. The molecular weight excluding hydrogens is 342 g/mol. The lowest BCUT2D eigenvalue weighted by Gasteiger charge is -2.38. The van der Waals surface area contributed by atoms with Gasteiger partial charge >= 0.3 is 0 Å². The number of hydrogen-bond acceptors (Lipinski definition) is 3. The van der Waals surface area contributed by atoms with Crippen LogP contribution in [0.25, 0.3) is 0 Å². The molecule has 0 unspecified atom stereocenters. The minimum atomic E-state index is 0.682. The van der Waals surface area contributed by atoms with E-state index in [1.807, 2.05) is 19.1 Å². The van der Waals surface area contributed by atoms with Crippen molar-refractivity contribution in [2.24, 2.45) is 0 Å². The lowest BCUT2D eigenvalue weighted by molar-refractivity contribution is 0.336. The number of para-hydroxylation sites is 2. The Labute approximate surface area is 161 Å². The minimum absolute atomic E-state index is 0.682. The Morgan fingerprint density at radius 1 is 1.04 bits per heavy atom. The average molecular weight is 370 g/mol. The monoisotopic (exact) mass is 369 g/mol. The van der Waals surface area contributed by atoms with Crippen molar-refractivity contribution in [1.29, 1.82) is 0 Å². The van der Waals surface area contributed by atoms with E-state index in [1.54, 1.807) is 0 Å². The number of piperazine rings is 1. The standard InChI is InChI=1S/C21H27N3OS/c1-3-17-8-7-9-18(16-17)22-21(26)24-14-12-23(13-15-24)19-10-5-6-11-20(19)25-4-2/h5-11,16H,3-4,12-15H2,1-2H3,(H,22,26). The summed E-state index contributed by atoms with van der Waals surface area (Å²) >= 11 is 5.63. The second-order valence-corrected chi connectivity index (χ2v) is 6.75. The highest BCUT2D eigenvalue weighted by Crippen LogP contribution is 2.28. The summed E-state index contributed by atoms with van der Waals surface area (Å²) in [4.78, 5) is 4.62. The van der Waals surface area contributed by atoms with E-state index in [9.17, 15) is 0 Å². The highest BCUT2D eigenvalue weighted by atomic mass is 32.1. The first-order valence-electron chi connectivity index (χ1n) is 9.33. The molecule has 2 aromatic rings. The van der Waals surface area contributed by atoms with Gasteiger partial charge in [0.2, 0.25) is 0 Å². The van der Waals surface area contributed by atoms with Crippen LogP contribution in [0.3, 0.4) is 0 Å². The maximum atomic E-state index is 5.77. The Hall–Kier alpha value is -2.27. The van der Waals surface area contributed by atoms with Gasteiger partial charge in [0, 0.05) is 31.9 Å². The Morgan fingerprint density at radius 3 is 2.54 bits per heavy atom. The third-order valence-electron chi connectivity index (χ3n) is 4.66. The maximum Gasteiger partial charge on any atom is 0.173 e. The van der Waals surface area contributed by atoms with Crippen molar-refractivity contribution in [3.63, 3.8) is 0 Å². The van der Waals surface area contributed by atoms with Crippen molar-refractivity contribution in [2.45, 2.75) is 20.3 Å². The number of aryl methyl sites for hydroxylation is 1. The molecule has 1 saturated heterocycles. The predicted octanol–water partition coefficient (Wildman–Crippen LogP) is 4.17. The highest BCUT2D eigenvalue weighted by molar-refractivity contribution is 7.80. The molecular formula is C21H27N3OS. The van der Waals surface area contributed by atoms with Gasteiger partial charge in [-0.1, -0.05) is 31.2 Å². The average Bonchev–Trinajstić information content (AvgIpc) is 2.69. The van der Waals surface area contributed by atoms with Crippen LogP contribution < -0.4 is 15.0 Å². The van der Waals surface area contributed by atoms with Gasteiger partial charge in [-0.3, -0.25) is 0 Å². The van der Waals surface area contributed by atoms with Crippen LogP contribution in [0.2, 0.25) is 0 Å². The first kappa shape index (κ1) is 18.5. The van der Waals surface area contributed by atoms with Gasteiger partial charge in [0.05, 0.1) is 12.3 Å². The van der Waals surface area contributed by atoms with Crippen molar-refractivity contribution in [1.82, 2.24) is 4.90 Å². The maximum absolute atomic E-state index is 5.77. The van der Waals surface area contributed by atoms with Gasteiger partial charge in [0.1, 0.15) is 5.75 Å². The van der Waals surface area contributed by atoms with E-state index in [0.29, 0.717) is 6.61 Å². The summed E-state index contributed by atoms with van der Waals surface area (Å²) in [6.45, 7) is 8.53. The molecule has 0 amide bonds. The Bertz CT molecular complexity index is 742. The summed E-state index contributed by atoms with van der Waals surface area (Å²) in [5, 5.41) is 4.19. The number of anilines is 2. The van der Waals surface area contributed by atoms with E-state index in [0.717, 1.165) is 49.1 Å². The molecule has 5 heteroatoms. The number of rotatable bonds is 5. The molecule has 3 rings (SSSR count). The van der Waals surface area contributed by atoms with E-state index < -0.39 is 0 Å². The van der Waals surface area contributed by atoms with E-state index >= 15 is 0 Å². The fraction of sp³-hybridized carbons (Fsp3) is 0.381. The molecule has 1 aliphatic heterocycles. The Balaban J connectivity index is 1.59. The van der Waals surface area contributed by atoms with E-state index in [-0.39, 0.29) is 0 Å². The van der Waals surface area contributed by atoms with Crippen LogP contribution in [0.15, 0.2) is 48.5 Å². The Kier molecular flexibility index (Phi) is 6.34. The summed E-state index contributed by atoms with van der Waals surface area (Å²) in [5.74, 6) is 0.959. The van der Waals surface area contributed by atoms with Crippen LogP contribution in [0.1, 0.15) is 19.4 Å². The molecule has 1 N–H and O–H groups in total. The van der Waals surface area contributed by atoms with Crippen molar-refractivity contribution in [3.8, 4) is 5.75 Å². The largest absolute Gasteiger partial charge is 0.492 e. The number of benzene rings is 2. The van der Waals surface area contributed by atoms with Crippen LogP contribution in [-0.2, 0) is 6.42 Å². The SMILES string of the molecule is CCOc1ccccc1N1CCN(C(=S)Nc2cccc(CC)c2)CC1. The molecule has 26 heavy (non-hydrogen) atoms. The zero-order valence-corrected chi connectivity index (χ0v) is 16.4. The number of ether oxygens (including phenoxy) is 1. The summed E-state index contributed by atoms with van der Waals surface area (Å²) in [7, 11) is 0. The zero-order chi connectivity index (χ0) is 18.4. The van der Waals surface area contributed by atoms with Gasteiger partial charge in [-0.25, -0.2) is 0 Å². The van der Waals surface area contributed by atoms with Crippen molar-refractivity contribution < 1.29 is 4.74 Å². The fourth-order valence-electron chi connectivity index (χ4n) is 3.22. The molecule has 0 aromatic heterocycles. The van der Waals surface area contributed by atoms with Crippen LogP contribution >= 0.6 is 12.2 Å². The summed E-state index contributed by atoms with van der Waals surface area (Å²) in [6, 6.07) is 16.7. The summed E-state index contributed by atoms with van der Waals surface area (Å²) in [6.07, 6.45) is 1.03. The quantitative estimate of drug-likeness (QED) is 0.799. The lowest BCUT2D eigenvalue weighted by Crippen LogP contribution is -2.50. The van der Waals surface area contributed by atoms with Crippen molar-refractivity contribution in [2.75, 3.05) is 43.0 Å². The Morgan fingerprint density at radius 2 is 1.81 bits per heavy atom. The molecule has 4 nitrogen and oxygen atoms in total. The molecule has 0 aliphatic carbocycles. The van der Waals surface area contributed by atoms with Gasteiger partial charge in [0.25, 0.3) is 0 Å². The smallest absolute Gasteiger partial charge is 0.173 e. The third-order valence-corrected chi connectivity index (χ3v) is 5.02. The fourth-order valence-corrected chi connectivity index (χ4v) is 3.52. The summed E-state index contributed by atoms with van der Waals surface area (Å²) < 4.78 is 5.77. The van der Waals surface area contributed by atoms with Crippen molar-refractivity contribution >= 4 is 28.7 Å². The minimum Gasteiger partial charge on any atom is -0.492 e. The first-order valence-corrected chi connectivity index (χ1v) is 9.73. The van der Waals surface area contributed by atoms with E-state index in [2.05, 4.69) is 58.4 Å². The number of nitrogens with zero attached hydrogens (tertiary/aromatic N) is 2. The van der Waals surface area contributed by atoms with Gasteiger partial charge in [-0.2, -0.15) is 0 Å². The molecule has 0 saturated carbocycles. The van der Waals surface area contributed by atoms with Crippen molar-refractivity contribution in [3.05, 3.63) is 54.1 Å². The topological polar surface area (TPSA) is 27.7 Å². The van der Waals surface area contributed by atoms with Gasteiger partial charge in [0.15, 0.2) is 5.11 Å². The van der Waals surface area contributed by atoms with Gasteiger partial charge in [-0.05, 0) is 55.4 Å². The summed E-state index contributed by atoms with van der Waals surface area (Å²) in [5.41, 5.74) is 3.55. The van der Waals surface area contributed by atoms with Gasteiger partial charge in [-0.15, -0.1) is 0 Å². The molecule has 1 aliphatic rings. The molecule has 0 radical (unpaired) electrons. The van der Waals surface area contributed by atoms with Crippen LogP contribution in [0.5, 0.6) is 5.75 Å². The first-order chi connectivity index (χ1) is 12.7. The van der Waals surface area contributed by atoms with E-state index in [1.165, 1.54) is 11.3 Å². The third kappa shape index (κ3) is 4.47. The molecule has 0 atom stereocenters. The second kappa shape index (κ2) is 8.90. The van der Waals surface area contributed by atoms with Crippen LogP contribution in [-0.4, -0.2) is 42.8 Å². The van der Waals surface area contributed by atoms with E-state index in [4.69, 9.17) is 17.0 Å². The van der Waals surface area contributed by atoms with Gasteiger partial charge < -0.3 is 19.9 Å². The molecule has 0 bridgehead atoms. The number of hydrogen-bond donors (Lipinski definition) is 1.